The molecular weight excluding hydrogens is 428 g/mol. The van der Waals surface area contributed by atoms with Crippen LogP contribution in [0.3, 0.4) is 0 Å². The average Bonchev–Trinajstić information content (AvgIpc) is 2.80. The monoisotopic (exact) mass is 452 g/mol. The van der Waals surface area contributed by atoms with E-state index in [4.69, 9.17) is 25.8 Å². The molecule has 1 amide bonds. The Morgan fingerprint density at radius 2 is 1.84 bits per heavy atom. The standard InChI is InChI=1S/C25H25ClN2O4/c1-4-31-23-14-18(15-27-28-25(29)19-9-11-21(30-3)12-10-19)13-22(26)24(23)32-16-20-8-6-5-7-17(20)2/h5-15H,4,16H2,1-3H3,(H,28,29)/b27-15-. The van der Waals surface area contributed by atoms with E-state index in [-0.39, 0.29) is 5.91 Å². The fourth-order valence-electron chi connectivity index (χ4n) is 2.96. The van der Waals surface area contributed by atoms with Crippen LogP contribution in [-0.4, -0.2) is 25.8 Å². The van der Waals surface area contributed by atoms with Crippen LogP contribution < -0.4 is 19.6 Å². The van der Waals surface area contributed by atoms with Crippen LogP contribution in [0.2, 0.25) is 5.02 Å². The normalized spacial score (nSPS) is 10.8. The van der Waals surface area contributed by atoms with Crippen molar-refractivity contribution in [3.63, 3.8) is 0 Å². The zero-order valence-corrected chi connectivity index (χ0v) is 19.0. The second kappa shape index (κ2) is 11.2. The Bertz CT molecular complexity index is 1100. The van der Waals surface area contributed by atoms with E-state index >= 15 is 0 Å². The summed E-state index contributed by atoms with van der Waals surface area (Å²) < 4.78 is 16.8. The maximum absolute atomic E-state index is 12.2. The first-order chi connectivity index (χ1) is 15.5. The van der Waals surface area contributed by atoms with Crippen LogP contribution in [-0.2, 0) is 6.61 Å². The molecule has 7 heteroatoms. The number of methoxy groups -OCH3 is 1. The minimum Gasteiger partial charge on any atom is -0.497 e. The maximum atomic E-state index is 12.2. The van der Waals surface area contributed by atoms with Gasteiger partial charge in [0.25, 0.3) is 5.91 Å². The van der Waals surface area contributed by atoms with Crippen LogP contribution in [0.1, 0.15) is 34.0 Å². The molecule has 32 heavy (non-hydrogen) atoms. The Kier molecular flexibility index (Phi) is 8.11. The van der Waals surface area contributed by atoms with E-state index < -0.39 is 0 Å². The molecule has 0 aliphatic heterocycles. The number of nitrogens with one attached hydrogen (secondary N) is 1. The molecule has 0 radical (unpaired) electrons. The van der Waals surface area contributed by atoms with E-state index in [1.54, 1.807) is 43.5 Å². The van der Waals surface area contributed by atoms with Crippen LogP contribution in [0.15, 0.2) is 65.8 Å². The zero-order chi connectivity index (χ0) is 22.9. The number of amides is 1. The molecule has 0 fully saturated rings. The first-order valence-corrected chi connectivity index (χ1v) is 10.5. The van der Waals surface area contributed by atoms with Gasteiger partial charge in [0.15, 0.2) is 11.5 Å². The molecule has 0 aliphatic rings. The Morgan fingerprint density at radius 3 is 2.53 bits per heavy atom. The predicted octanol–water partition coefficient (Wildman–Crippen LogP) is 5.40. The van der Waals surface area contributed by atoms with Crippen molar-refractivity contribution < 1.29 is 19.0 Å². The second-order valence-corrected chi connectivity index (χ2v) is 7.31. The number of hydrogen-bond donors (Lipinski definition) is 1. The molecule has 0 aliphatic carbocycles. The van der Waals surface area contributed by atoms with E-state index in [1.807, 2.05) is 38.1 Å². The second-order valence-electron chi connectivity index (χ2n) is 6.91. The maximum Gasteiger partial charge on any atom is 0.271 e. The number of halogens is 1. The molecule has 0 aromatic heterocycles. The van der Waals surface area contributed by atoms with Crippen LogP contribution in [0.4, 0.5) is 0 Å². The van der Waals surface area contributed by atoms with E-state index in [0.29, 0.717) is 46.6 Å². The average molecular weight is 453 g/mol. The number of benzene rings is 3. The largest absolute Gasteiger partial charge is 0.497 e. The Morgan fingerprint density at radius 1 is 1.09 bits per heavy atom. The lowest BCUT2D eigenvalue weighted by atomic mass is 10.1. The lowest BCUT2D eigenvalue weighted by Gasteiger charge is -2.15. The van der Waals surface area contributed by atoms with E-state index in [0.717, 1.165) is 11.1 Å². The van der Waals surface area contributed by atoms with Gasteiger partial charge in [-0.25, -0.2) is 5.43 Å². The summed E-state index contributed by atoms with van der Waals surface area (Å²) in [6.07, 6.45) is 1.50. The van der Waals surface area contributed by atoms with Gasteiger partial charge in [0, 0.05) is 5.56 Å². The minimum atomic E-state index is -0.335. The number of hydrogen-bond acceptors (Lipinski definition) is 5. The van der Waals surface area contributed by atoms with Gasteiger partial charge < -0.3 is 14.2 Å². The van der Waals surface area contributed by atoms with Gasteiger partial charge in [-0.05, 0) is 66.9 Å². The first-order valence-electron chi connectivity index (χ1n) is 10.1. The number of carbonyl (C=O) groups excluding carboxylic acids is 1. The van der Waals surface area contributed by atoms with Gasteiger partial charge in [0.1, 0.15) is 12.4 Å². The molecule has 0 bridgehead atoms. The summed E-state index contributed by atoms with van der Waals surface area (Å²) in [5.41, 5.74) is 5.83. The summed E-state index contributed by atoms with van der Waals surface area (Å²) in [6, 6.07) is 18.2. The van der Waals surface area contributed by atoms with Crippen molar-refractivity contribution in [2.24, 2.45) is 5.10 Å². The van der Waals surface area contributed by atoms with E-state index in [9.17, 15) is 4.79 Å². The van der Waals surface area contributed by atoms with Gasteiger partial charge in [-0.15, -0.1) is 0 Å². The highest BCUT2D eigenvalue weighted by molar-refractivity contribution is 6.32. The zero-order valence-electron chi connectivity index (χ0n) is 18.2. The van der Waals surface area contributed by atoms with E-state index in [1.165, 1.54) is 6.21 Å². The molecule has 3 aromatic rings. The Labute approximate surface area is 192 Å². The lowest BCUT2D eigenvalue weighted by Crippen LogP contribution is -2.17. The number of ether oxygens (including phenoxy) is 3. The third kappa shape index (κ3) is 6.02. The molecule has 0 spiro atoms. The number of rotatable bonds is 9. The number of aryl methyl sites for hydroxylation is 1. The number of nitrogens with zero attached hydrogens (tertiary/aromatic N) is 1. The smallest absolute Gasteiger partial charge is 0.271 e. The molecule has 166 valence electrons. The molecule has 0 saturated carbocycles. The highest BCUT2D eigenvalue weighted by Crippen LogP contribution is 2.37. The molecular formula is C25H25ClN2O4. The molecule has 1 N–H and O–H groups in total. The quantitative estimate of drug-likeness (QED) is 0.348. The minimum absolute atomic E-state index is 0.335. The van der Waals surface area contributed by atoms with Crippen molar-refractivity contribution in [2.45, 2.75) is 20.5 Å². The Hall–Kier alpha value is -3.51. The molecule has 0 saturated heterocycles. The summed E-state index contributed by atoms with van der Waals surface area (Å²) in [5, 5.41) is 4.42. The fraction of sp³-hybridized carbons (Fsp3) is 0.200. The molecule has 3 aromatic carbocycles. The third-order valence-electron chi connectivity index (χ3n) is 4.70. The van der Waals surface area contributed by atoms with Crippen molar-refractivity contribution in [2.75, 3.05) is 13.7 Å². The van der Waals surface area contributed by atoms with Crippen molar-refractivity contribution in [3.8, 4) is 17.2 Å². The lowest BCUT2D eigenvalue weighted by molar-refractivity contribution is 0.0955. The highest BCUT2D eigenvalue weighted by Gasteiger charge is 2.13. The third-order valence-corrected chi connectivity index (χ3v) is 4.98. The van der Waals surface area contributed by atoms with Gasteiger partial charge in [0.2, 0.25) is 0 Å². The molecule has 6 nitrogen and oxygen atoms in total. The van der Waals surface area contributed by atoms with Crippen LogP contribution in [0, 0.1) is 6.92 Å². The van der Waals surface area contributed by atoms with Crippen molar-refractivity contribution in [3.05, 3.63) is 87.9 Å². The summed E-state index contributed by atoms with van der Waals surface area (Å²) in [5.74, 6) is 1.32. The van der Waals surface area contributed by atoms with Crippen LogP contribution in [0.25, 0.3) is 0 Å². The Balaban J connectivity index is 1.71. The topological polar surface area (TPSA) is 69.2 Å². The predicted molar refractivity (Wildman–Crippen MR) is 126 cm³/mol. The SMILES string of the molecule is CCOc1cc(/C=N\NC(=O)c2ccc(OC)cc2)cc(Cl)c1OCc1ccccc1C. The van der Waals surface area contributed by atoms with Gasteiger partial charge in [-0.3, -0.25) is 4.79 Å². The fourth-order valence-corrected chi connectivity index (χ4v) is 3.23. The summed E-state index contributed by atoms with van der Waals surface area (Å²) in [7, 11) is 1.57. The van der Waals surface area contributed by atoms with Crippen molar-refractivity contribution in [1.29, 1.82) is 0 Å². The van der Waals surface area contributed by atoms with Gasteiger partial charge >= 0.3 is 0 Å². The highest BCUT2D eigenvalue weighted by atomic mass is 35.5. The molecule has 0 heterocycles. The number of hydrazone groups is 1. The molecule has 3 rings (SSSR count). The summed E-state index contributed by atoms with van der Waals surface area (Å²) in [6.45, 7) is 4.74. The van der Waals surface area contributed by atoms with Gasteiger partial charge in [0.05, 0.1) is 25.0 Å². The number of carbonyl (C=O) groups is 1. The van der Waals surface area contributed by atoms with Crippen LogP contribution >= 0.6 is 11.6 Å². The first kappa shape index (κ1) is 23.2. The molecule has 0 atom stereocenters. The van der Waals surface area contributed by atoms with Crippen molar-refractivity contribution in [1.82, 2.24) is 5.43 Å². The van der Waals surface area contributed by atoms with Gasteiger partial charge in [-0.2, -0.15) is 5.10 Å². The van der Waals surface area contributed by atoms with E-state index in [2.05, 4.69) is 10.5 Å². The van der Waals surface area contributed by atoms with Gasteiger partial charge in [-0.1, -0.05) is 35.9 Å². The molecule has 0 unspecified atom stereocenters. The summed E-state index contributed by atoms with van der Waals surface area (Å²) >= 11 is 6.48. The summed E-state index contributed by atoms with van der Waals surface area (Å²) in [4.78, 5) is 12.2. The van der Waals surface area contributed by atoms with Crippen molar-refractivity contribution >= 4 is 23.7 Å². The van der Waals surface area contributed by atoms with Crippen LogP contribution in [0.5, 0.6) is 17.2 Å².